The van der Waals surface area contributed by atoms with Crippen LogP contribution in [0.25, 0.3) is 10.6 Å². The minimum Gasteiger partial charge on any atom is -0.497 e. The summed E-state index contributed by atoms with van der Waals surface area (Å²) in [5, 5.41) is 2.62. The van der Waals surface area contributed by atoms with E-state index in [4.69, 9.17) is 21.1 Å². The summed E-state index contributed by atoms with van der Waals surface area (Å²) in [5.41, 5.74) is 1.66. The van der Waals surface area contributed by atoms with E-state index in [9.17, 15) is 9.18 Å². The number of thiazole rings is 1. The lowest BCUT2D eigenvalue weighted by atomic mass is 10.2. The van der Waals surface area contributed by atoms with Crippen molar-refractivity contribution in [2.24, 2.45) is 0 Å². The van der Waals surface area contributed by atoms with E-state index in [2.05, 4.69) is 4.98 Å². The van der Waals surface area contributed by atoms with Crippen molar-refractivity contribution in [1.29, 1.82) is 0 Å². The molecular weight excluding hydrogens is 365 g/mol. The molecule has 0 saturated carbocycles. The van der Waals surface area contributed by atoms with E-state index >= 15 is 0 Å². The van der Waals surface area contributed by atoms with Gasteiger partial charge in [0, 0.05) is 10.9 Å². The van der Waals surface area contributed by atoms with E-state index in [1.165, 1.54) is 17.4 Å². The number of hydrogen-bond acceptors (Lipinski definition) is 5. The molecule has 0 radical (unpaired) electrons. The van der Waals surface area contributed by atoms with Crippen LogP contribution < -0.4 is 4.74 Å². The molecule has 128 valence electrons. The van der Waals surface area contributed by atoms with Gasteiger partial charge in [0.2, 0.25) is 0 Å². The van der Waals surface area contributed by atoms with Gasteiger partial charge in [-0.1, -0.05) is 23.7 Å². The first-order valence-corrected chi connectivity index (χ1v) is 8.53. The van der Waals surface area contributed by atoms with Gasteiger partial charge in [-0.3, -0.25) is 0 Å². The van der Waals surface area contributed by atoms with Crippen molar-refractivity contribution < 1.29 is 18.7 Å². The average molecular weight is 378 g/mol. The zero-order valence-electron chi connectivity index (χ0n) is 13.2. The molecule has 0 bridgehead atoms. The van der Waals surface area contributed by atoms with Crippen molar-refractivity contribution in [3.63, 3.8) is 0 Å². The number of carbonyl (C=O) groups excluding carboxylic acids is 1. The zero-order chi connectivity index (χ0) is 17.8. The number of hydrogen-bond donors (Lipinski definition) is 0. The van der Waals surface area contributed by atoms with E-state index in [0.717, 1.165) is 28.5 Å². The van der Waals surface area contributed by atoms with E-state index in [0.29, 0.717) is 5.69 Å². The summed E-state index contributed by atoms with van der Waals surface area (Å²) in [6.07, 6.45) is 0. The topological polar surface area (TPSA) is 48.4 Å². The number of benzene rings is 2. The Kier molecular flexibility index (Phi) is 5.31. The van der Waals surface area contributed by atoms with E-state index in [1.54, 1.807) is 7.11 Å². The second-order valence-corrected chi connectivity index (χ2v) is 6.34. The molecule has 0 atom stereocenters. The monoisotopic (exact) mass is 377 g/mol. The van der Waals surface area contributed by atoms with Crippen LogP contribution in [0.1, 0.15) is 16.1 Å². The van der Waals surface area contributed by atoms with Crippen LogP contribution in [0.15, 0.2) is 47.8 Å². The number of carbonyl (C=O) groups is 1. The van der Waals surface area contributed by atoms with Gasteiger partial charge in [0.15, 0.2) is 0 Å². The van der Waals surface area contributed by atoms with Crippen LogP contribution in [-0.4, -0.2) is 18.1 Å². The second-order valence-electron chi connectivity index (χ2n) is 5.08. The molecule has 4 nitrogen and oxygen atoms in total. The smallest absolute Gasteiger partial charge is 0.340 e. The van der Waals surface area contributed by atoms with E-state index in [1.807, 2.05) is 29.6 Å². The molecule has 0 aliphatic carbocycles. The number of nitrogens with zero attached hydrogens (tertiary/aromatic N) is 1. The first-order valence-electron chi connectivity index (χ1n) is 7.28. The number of methoxy groups -OCH3 is 1. The summed E-state index contributed by atoms with van der Waals surface area (Å²) < 4.78 is 23.4. The van der Waals surface area contributed by atoms with E-state index < -0.39 is 11.8 Å². The van der Waals surface area contributed by atoms with Gasteiger partial charge in [-0.2, -0.15) is 0 Å². The third kappa shape index (κ3) is 4.15. The zero-order valence-corrected chi connectivity index (χ0v) is 14.7. The van der Waals surface area contributed by atoms with Gasteiger partial charge < -0.3 is 9.47 Å². The predicted octanol–water partition coefficient (Wildman–Crippen LogP) is 4.97. The van der Waals surface area contributed by atoms with Crippen molar-refractivity contribution in [2.75, 3.05) is 7.11 Å². The fourth-order valence-corrected chi connectivity index (χ4v) is 3.18. The Balaban J connectivity index is 1.68. The standard InChI is InChI=1S/C18H13ClFNO3S/c1-23-14-4-2-3-11(7-14)17-21-13(10-25-17)9-24-18(22)15-6-5-12(20)8-16(15)19/h2-8,10H,9H2,1H3. The summed E-state index contributed by atoms with van der Waals surface area (Å²) >= 11 is 7.29. The Morgan fingerprint density at radius 2 is 2.12 bits per heavy atom. The summed E-state index contributed by atoms with van der Waals surface area (Å²) in [6, 6.07) is 11.1. The number of rotatable bonds is 5. The van der Waals surface area contributed by atoms with Gasteiger partial charge in [0.05, 0.1) is 23.4 Å². The van der Waals surface area contributed by atoms with Crippen molar-refractivity contribution in [3.8, 4) is 16.3 Å². The maximum atomic E-state index is 13.0. The van der Waals surface area contributed by atoms with Crippen molar-refractivity contribution in [3.05, 3.63) is 69.9 Å². The fraction of sp³-hybridized carbons (Fsp3) is 0.111. The minimum absolute atomic E-state index is 0.00695. The highest BCUT2D eigenvalue weighted by Crippen LogP contribution is 2.27. The molecule has 1 heterocycles. The molecule has 7 heteroatoms. The molecule has 2 aromatic carbocycles. The third-order valence-electron chi connectivity index (χ3n) is 3.37. The molecule has 1 aromatic heterocycles. The second kappa shape index (κ2) is 7.63. The van der Waals surface area contributed by atoms with Crippen LogP contribution in [-0.2, 0) is 11.3 Å². The first-order chi connectivity index (χ1) is 12.1. The quantitative estimate of drug-likeness (QED) is 0.589. The molecule has 0 saturated heterocycles. The van der Waals surface area contributed by atoms with Crippen LogP contribution in [0.2, 0.25) is 5.02 Å². The van der Waals surface area contributed by atoms with Gasteiger partial charge in [-0.25, -0.2) is 14.2 Å². The van der Waals surface area contributed by atoms with Crippen molar-refractivity contribution in [1.82, 2.24) is 4.98 Å². The van der Waals surface area contributed by atoms with Gasteiger partial charge in [0.25, 0.3) is 0 Å². The number of ether oxygens (including phenoxy) is 2. The van der Waals surface area contributed by atoms with Crippen molar-refractivity contribution >= 4 is 28.9 Å². The maximum Gasteiger partial charge on any atom is 0.340 e. The van der Waals surface area contributed by atoms with Gasteiger partial charge in [0.1, 0.15) is 23.2 Å². The summed E-state index contributed by atoms with van der Waals surface area (Å²) in [6.45, 7) is 0.00695. The first kappa shape index (κ1) is 17.4. The van der Waals surface area contributed by atoms with Gasteiger partial charge in [-0.15, -0.1) is 11.3 Å². The van der Waals surface area contributed by atoms with Crippen LogP contribution >= 0.6 is 22.9 Å². The predicted molar refractivity (Wildman–Crippen MR) is 94.6 cm³/mol. The third-order valence-corrected chi connectivity index (χ3v) is 4.62. The molecule has 3 rings (SSSR count). The van der Waals surface area contributed by atoms with Crippen molar-refractivity contribution in [2.45, 2.75) is 6.61 Å². The summed E-state index contributed by atoms with van der Waals surface area (Å²) in [4.78, 5) is 16.5. The van der Waals surface area contributed by atoms with E-state index in [-0.39, 0.29) is 17.2 Å². The Bertz CT molecular complexity index is 913. The number of aromatic nitrogens is 1. The van der Waals surface area contributed by atoms with Crippen LogP contribution in [0.5, 0.6) is 5.75 Å². The number of halogens is 2. The molecule has 0 amide bonds. The normalized spacial score (nSPS) is 10.5. The highest BCUT2D eigenvalue weighted by Gasteiger charge is 2.14. The van der Waals surface area contributed by atoms with Crippen LogP contribution in [0.3, 0.4) is 0 Å². The van der Waals surface area contributed by atoms with Crippen LogP contribution in [0, 0.1) is 5.82 Å². The highest BCUT2D eigenvalue weighted by atomic mass is 35.5. The largest absolute Gasteiger partial charge is 0.497 e. The Hall–Kier alpha value is -2.44. The minimum atomic E-state index is -0.624. The lowest BCUT2D eigenvalue weighted by Crippen LogP contribution is -2.06. The lowest BCUT2D eigenvalue weighted by Gasteiger charge is -2.05. The molecule has 25 heavy (non-hydrogen) atoms. The van der Waals surface area contributed by atoms with Gasteiger partial charge in [-0.05, 0) is 30.3 Å². The average Bonchev–Trinajstić information content (AvgIpc) is 3.09. The molecule has 0 N–H and O–H groups in total. The Labute approximate surface area is 152 Å². The molecule has 3 aromatic rings. The molecule has 0 fully saturated rings. The summed E-state index contributed by atoms with van der Waals surface area (Å²) in [7, 11) is 1.60. The molecule has 0 aliphatic rings. The highest BCUT2D eigenvalue weighted by molar-refractivity contribution is 7.13. The lowest BCUT2D eigenvalue weighted by molar-refractivity contribution is 0.0468. The Morgan fingerprint density at radius 3 is 2.88 bits per heavy atom. The van der Waals surface area contributed by atoms with Crippen LogP contribution in [0.4, 0.5) is 4.39 Å². The molecule has 0 aliphatic heterocycles. The van der Waals surface area contributed by atoms with Gasteiger partial charge >= 0.3 is 5.97 Å². The fourth-order valence-electron chi connectivity index (χ4n) is 2.13. The summed E-state index contributed by atoms with van der Waals surface area (Å²) in [5.74, 6) is -0.392. The Morgan fingerprint density at radius 1 is 1.28 bits per heavy atom. The molecular formula is C18H13ClFNO3S. The molecule has 0 spiro atoms. The number of esters is 1. The maximum absolute atomic E-state index is 13.0. The SMILES string of the molecule is COc1cccc(-c2nc(COC(=O)c3ccc(F)cc3Cl)cs2)c1. The molecule has 0 unspecified atom stereocenters.